The zero-order valence-corrected chi connectivity index (χ0v) is 14.4. The Labute approximate surface area is 143 Å². The van der Waals surface area contributed by atoms with E-state index in [0.29, 0.717) is 12.0 Å². The number of esters is 1. The van der Waals surface area contributed by atoms with Crippen molar-refractivity contribution in [3.8, 4) is 0 Å². The molecule has 0 saturated heterocycles. The number of benzene rings is 2. The Hall–Kier alpha value is -2.36. The third-order valence-electron chi connectivity index (χ3n) is 4.17. The first-order valence-electron chi connectivity index (χ1n) is 8.53. The molecule has 0 aliphatic rings. The number of hydrogen-bond donors (Lipinski definition) is 1. The van der Waals surface area contributed by atoms with E-state index < -0.39 is 6.04 Å². The lowest BCUT2D eigenvalue weighted by Crippen LogP contribution is -2.41. The van der Waals surface area contributed by atoms with E-state index in [1.165, 1.54) is 7.11 Å². The van der Waals surface area contributed by atoms with Crippen LogP contribution in [-0.4, -0.2) is 25.0 Å². The topological polar surface area (TPSA) is 55.4 Å². The summed E-state index contributed by atoms with van der Waals surface area (Å²) in [6.45, 7) is 2.14. The van der Waals surface area contributed by atoms with E-state index in [2.05, 4.69) is 12.2 Å². The van der Waals surface area contributed by atoms with Crippen molar-refractivity contribution in [3.05, 3.63) is 48.0 Å². The molecule has 1 amide bonds. The molecule has 2 aromatic rings. The molecular weight excluding hydrogens is 302 g/mol. The van der Waals surface area contributed by atoms with Gasteiger partial charge >= 0.3 is 5.97 Å². The van der Waals surface area contributed by atoms with Crippen LogP contribution in [0.25, 0.3) is 10.8 Å². The van der Waals surface area contributed by atoms with Crippen LogP contribution >= 0.6 is 0 Å². The molecule has 128 valence electrons. The van der Waals surface area contributed by atoms with Gasteiger partial charge in [0, 0.05) is 5.56 Å². The van der Waals surface area contributed by atoms with Crippen molar-refractivity contribution >= 4 is 22.6 Å². The molecule has 2 aromatic carbocycles. The summed E-state index contributed by atoms with van der Waals surface area (Å²) in [6.07, 6.45) is 4.80. The summed E-state index contributed by atoms with van der Waals surface area (Å²) in [5.74, 6) is -0.627. The van der Waals surface area contributed by atoms with Gasteiger partial charge in [-0.3, -0.25) is 4.79 Å². The third-order valence-corrected chi connectivity index (χ3v) is 4.17. The fourth-order valence-electron chi connectivity index (χ4n) is 2.83. The predicted molar refractivity (Wildman–Crippen MR) is 96.0 cm³/mol. The number of amides is 1. The first-order valence-corrected chi connectivity index (χ1v) is 8.53. The van der Waals surface area contributed by atoms with E-state index in [0.717, 1.165) is 36.5 Å². The number of methoxy groups -OCH3 is 1. The van der Waals surface area contributed by atoms with Crippen molar-refractivity contribution in [1.29, 1.82) is 0 Å². The smallest absolute Gasteiger partial charge is 0.328 e. The highest BCUT2D eigenvalue weighted by atomic mass is 16.5. The van der Waals surface area contributed by atoms with Crippen LogP contribution in [0.2, 0.25) is 0 Å². The largest absolute Gasteiger partial charge is 0.467 e. The van der Waals surface area contributed by atoms with Gasteiger partial charge < -0.3 is 10.1 Å². The van der Waals surface area contributed by atoms with Crippen LogP contribution in [0.3, 0.4) is 0 Å². The summed E-state index contributed by atoms with van der Waals surface area (Å²) in [6, 6.07) is 12.7. The second-order valence-electron chi connectivity index (χ2n) is 5.93. The van der Waals surface area contributed by atoms with E-state index in [4.69, 9.17) is 4.74 Å². The Kier molecular flexibility index (Phi) is 6.79. The molecule has 0 unspecified atom stereocenters. The standard InChI is InChI=1S/C20H25NO3/c1-3-4-5-6-14-18(20(23)24-2)21-19(22)17-13-9-11-15-10-7-8-12-16(15)17/h7-13,18H,3-6,14H2,1-2H3,(H,21,22)/t18-/m0/s1. The number of rotatable bonds is 8. The van der Waals surface area contributed by atoms with Gasteiger partial charge in [-0.15, -0.1) is 0 Å². The van der Waals surface area contributed by atoms with E-state index in [1.807, 2.05) is 36.4 Å². The van der Waals surface area contributed by atoms with Crippen molar-refractivity contribution in [2.75, 3.05) is 7.11 Å². The maximum Gasteiger partial charge on any atom is 0.328 e. The minimum atomic E-state index is -0.599. The molecule has 1 N–H and O–H groups in total. The number of fused-ring (bicyclic) bond motifs is 1. The molecule has 0 radical (unpaired) electrons. The van der Waals surface area contributed by atoms with Gasteiger partial charge in [-0.05, 0) is 23.3 Å². The SMILES string of the molecule is CCCCCC[C@H](NC(=O)c1cccc2ccccc12)C(=O)OC. The maximum absolute atomic E-state index is 12.7. The summed E-state index contributed by atoms with van der Waals surface area (Å²) < 4.78 is 4.84. The molecular formula is C20H25NO3. The molecule has 24 heavy (non-hydrogen) atoms. The highest BCUT2D eigenvalue weighted by Gasteiger charge is 2.22. The summed E-state index contributed by atoms with van der Waals surface area (Å²) >= 11 is 0. The average molecular weight is 327 g/mol. The molecule has 0 spiro atoms. The first-order chi connectivity index (χ1) is 11.7. The van der Waals surface area contributed by atoms with Crippen molar-refractivity contribution in [2.24, 2.45) is 0 Å². The molecule has 2 rings (SSSR count). The van der Waals surface area contributed by atoms with Crippen molar-refractivity contribution in [1.82, 2.24) is 5.32 Å². The highest BCUT2D eigenvalue weighted by molar-refractivity contribution is 6.07. The van der Waals surface area contributed by atoms with Crippen molar-refractivity contribution in [3.63, 3.8) is 0 Å². The Morgan fingerprint density at radius 2 is 1.79 bits per heavy atom. The Morgan fingerprint density at radius 3 is 2.54 bits per heavy atom. The van der Waals surface area contributed by atoms with Gasteiger partial charge in [0.2, 0.25) is 0 Å². The number of hydrogen-bond acceptors (Lipinski definition) is 3. The van der Waals surface area contributed by atoms with Crippen LogP contribution in [0.4, 0.5) is 0 Å². The minimum absolute atomic E-state index is 0.238. The molecule has 0 fully saturated rings. The molecule has 0 aromatic heterocycles. The lowest BCUT2D eigenvalue weighted by molar-refractivity contribution is -0.143. The summed E-state index contributed by atoms with van der Waals surface area (Å²) in [5, 5.41) is 4.72. The van der Waals surface area contributed by atoms with E-state index in [9.17, 15) is 9.59 Å². The third kappa shape index (κ3) is 4.57. The van der Waals surface area contributed by atoms with E-state index in [-0.39, 0.29) is 11.9 Å². The highest BCUT2D eigenvalue weighted by Crippen LogP contribution is 2.19. The van der Waals surface area contributed by atoms with Crippen LogP contribution in [0.1, 0.15) is 49.4 Å². The molecule has 0 bridgehead atoms. The summed E-state index contributed by atoms with van der Waals surface area (Å²) in [7, 11) is 1.35. The summed E-state index contributed by atoms with van der Waals surface area (Å²) in [5.41, 5.74) is 0.579. The Balaban J connectivity index is 2.12. The van der Waals surface area contributed by atoms with Crippen LogP contribution in [0.15, 0.2) is 42.5 Å². The zero-order chi connectivity index (χ0) is 17.4. The number of nitrogens with one attached hydrogen (secondary N) is 1. The first kappa shape index (κ1) is 18.0. The minimum Gasteiger partial charge on any atom is -0.467 e. The van der Waals surface area contributed by atoms with Gasteiger partial charge in [0.25, 0.3) is 5.91 Å². The van der Waals surface area contributed by atoms with Gasteiger partial charge in [-0.1, -0.05) is 69.0 Å². The van der Waals surface area contributed by atoms with Crippen LogP contribution < -0.4 is 5.32 Å². The normalized spacial score (nSPS) is 11.9. The molecule has 4 nitrogen and oxygen atoms in total. The Morgan fingerprint density at radius 1 is 1.04 bits per heavy atom. The quantitative estimate of drug-likeness (QED) is 0.587. The van der Waals surface area contributed by atoms with Crippen LogP contribution in [0, 0.1) is 0 Å². The van der Waals surface area contributed by atoms with Crippen molar-refractivity contribution in [2.45, 2.75) is 45.1 Å². The molecule has 0 heterocycles. The fraction of sp³-hybridized carbons (Fsp3) is 0.400. The van der Waals surface area contributed by atoms with Crippen molar-refractivity contribution < 1.29 is 14.3 Å². The van der Waals surface area contributed by atoms with E-state index in [1.54, 1.807) is 6.07 Å². The fourth-order valence-corrected chi connectivity index (χ4v) is 2.83. The van der Waals surface area contributed by atoms with Gasteiger partial charge in [0.05, 0.1) is 7.11 Å². The number of carbonyl (C=O) groups excluding carboxylic acids is 2. The maximum atomic E-state index is 12.7. The van der Waals surface area contributed by atoms with E-state index >= 15 is 0 Å². The molecule has 0 aliphatic heterocycles. The monoisotopic (exact) mass is 327 g/mol. The molecule has 0 aliphatic carbocycles. The van der Waals surface area contributed by atoms with Crippen LogP contribution in [-0.2, 0) is 9.53 Å². The molecule has 1 atom stereocenters. The van der Waals surface area contributed by atoms with Crippen LogP contribution in [0.5, 0.6) is 0 Å². The molecule has 4 heteroatoms. The van der Waals surface area contributed by atoms with Gasteiger partial charge in [-0.2, -0.15) is 0 Å². The Bertz CT molecular complexity index is 691. The number of carbonyl (C=O) groups is 2. The summed E-state index contributed by atoms with van der Waals surface area (Å²) in [4.78, 5) is 24.6. The second-order valence-corrected chi connectivity index (χ2v) is 5.93. The molecule has 0 saturated carbocycles. The lowest BCUT2D eigenvalue weighted by Gasteiger charge is -2.17. The lowest BCUT2D eigenvalue weighted by atomic mass is 10.0. The second kappa shape index (κ2) is 9.06. The van der Waals surface area contributed by atoms with Gasteiger partial charge in [-0.25, -0.2) is 4.79 Å². The van der Waals surface area contributed by atoms with Gasteiger partial charge in [0.1, 0.15) is 6.04 Å². The predicted octanol–water partition coefficient (Wildman–Crippen LogP) is 4.08. The number of unbranched alkanes of at least 4 members (excludes halogenated alkanes) is 3. The zero-order valence-electron chi connectivity index (χ0n) is 14.4. The number of ether oxygens (including phenoxy) is 1. The average Bonchev–Trinajstić information content (AvgIpc) is 2.62. The van der Waals surface area contributed by atoms with Gasteiger partial charge in [0.15, 0.2) is 0 Å².